The summed E-state index contributed by atoms with van der Waals surface area (Å²) in [7, 11) is 1.73. The van der Waals surface area contributed by atoms with Crippen LogP contribution in [0.3, 0.4) is 0 Å². The Bertz CT molecular complexity index is 597. The molecule has 0 radical (unpaired) electrons. The maximum Gasteiger partial charge on any atom is 0.325 e. The fourth-order valence-corrected chi connectivity index (χ4v) is 1.87. The molecule has 0 saturated carbocycles. The molecule has 0 bridgehead atoms. The predicted molar refractivity (Wildman–Crippen MR) is 62.9 cm³/mol. The van der Waals surface area contributed by atoms with Crippen LogP contribution in [0.5, 0.6) is 0 Å². The van der Waals surface area contributed by atoms with E-state index in [1.165, 1.54) is 5.51 Å². The van der Waals surface area contributed by atoms with E-state index in [9.17, 15) is 9.59 Å². The number of amides is 1. The maximum atomic E-state index is 11.6. The smallest absolute Gasteiger partial charge is 0.309 e. The van der Waals surface area contributed by atoms with Crippen molar-refractivity contribution < 1.29 is 4.79 Å². The molecule has 0 spiro atoms. The number of aryl methyl sites for hydroxylation is 2. The lowest BCUT2D eigenvalue weighted by Gasteiger charge is -2.04. The van der Waals surface area contributed by atoms with Crippen molar-refractivity contribution in [1.82, 2.24) is 19.6 Å². The van der Waals surface area contributed by atoms with E-state index in [-0.39, 0.29) is 17.3 Å². The Morgan fingerprint density at radius 1 is 1.59 bits per heavy atom. The van der Waals surface area contributed by atoms with Gasteiger partial charge in [-0.05, 0) is 6.92 Å². The van der Waals surface area contributed by atoms with Gasteiger partial charge in [-0.25, -0.2) is 4.68 Å². The van der Waals surface area contributed by atoms with Gasteiger partial charge in [0.05, 0.1) is 5.69 Å². The van der Waals surface area contributed by atoms with E-state index < -0.39 is 0 Å². The molecular formula is C9H11N5O2S. The SMILES string of the molecule is Cc1cc(NC(=O)Cn2ncsc2=O)n(C)n1. The highest BCUT2D eigenvalue weighted by Crippen LogP contribution is 2.07. The Morgan fingerprint density at radius 2 is 2.35 bits per heavy atom. The molecule has 0 aromatic carbocycles. The van der Waals surface area contributed by atoms with Crippen LogP contribution < -0.4 is 10.2 Å². The summed E-state index contributed by atoms with van der Waals surface area (Å²) in [6, 6.07) is 1.75. The third-order valence-electron chi connectivity index (χ3n) is 2.11. The van der Waals surface area contributed by atoms with E-state index in [0.717, 1.165) is 21.7 Å². The molecular weight excluding hydrogens is 242 g/mol. The summed E-state index contributed by atoms with van der Waals surface area (Å²) in [6.07, 6.45) is 0. The Kier molecular flexibility index (Phi) is 3.05. The van der Waals surface area contributed by atoms with Gasteiger partial charge in [-0.1, -0.05) is 11.3 Å². The summed E-state index contributed by atoms with van der Waals surface area (Å²) in [5.74, 6) is 0.289. The number of rotatable bonds is 3. The number of nitrogens with zero attached hydrogens (tertiary/aromatic N) is 4. The lowest BCUT2D eigenvalue weighted by Crippen LogP contribution is -2.26. The van der Waals surface area contributed by atoms with Gasteiger partial charge in [-0.2, -0.15) is 10.2 Å². The molecule has 7 nitrogen and oxygen atoms in total. The van der Waals surface area contributed by atoms with Gasteiger partial charge in [-0.15, -0.1) is 0 Å². The molecule has 90 valence electrons. The van der Waals surface area contributed by atoms with Gasteiger partial charge < -0.3 is 5.32 Å². The van der Waals surface area contributed by atoms with Crippen molar-refractivity contribution in [3.05, 3.63) is 26.9 Å². The quantitative estimate of drug-likeness (QED) is 0.833. The summed E-state index contributed by atoms with van der Waals surface area (Å²) in [6.45, 7) is 1.74. The highest BCUT2D eigenvalue weighted by molar-refractivity contribution is 7.06. The van der Waals surface area contributed by atoms with Gasteiger partial charge in [0.15, 0.2) is 0 Å². The van der Waals surface area contributed by atoms with E-state index in [0.29, 0.717) is 5.82 Å². The second-order valence-electron chi connectivity index (χ2n) is 3.51. The van der Waals surface area contributed by atoms with Gasteiger partial charge in [0.25, 0.3) is 0 Å². The van der Waals surface area contributed by atoms with Crippen LogP contribution in [0.25, 0.3) is 0 Å². The molecule has 2 rings (SSSR count). The third-order valence-corrected chi connectivity index (χ3v) is 2.73. The third kappa shape index (κ3) is 2.59. The average molecular weight is 253 g/mol. The second kappa shape index (κ2) is 4.50. The molecule has 0 aliphatic heterocycles. The van der Waals surface area contributed by atoms with Crippen LogP contribution in [0.4, 0.5) is 5.82 Å². The molecule has 1 N–H and O–H groups in total. The number of carbonyl (C=O) groups excluding carboxylic acids is 1. The van der Waals surface area contributed by atoms with Crippen LogP contribution in [0.15, 0.2) is 16.4 Å². The van der Waals surface area contributed by atoms with Crippen LogP contribution in [0.2, 0.25) is 0 Å². The average Bonchev–Trinajstić information content (AvgIpc) is 2.75. The normalized spacial score (nSPS) is 10.5. The summed E-state index contributed by atoms with van der Waals surface area (Å²) in [4.78, 5) is 22.6. The topological polar surface area (TPSA) is 81.8 Å². The summed E-state index contributed by atoms with van der Waals surface area (Å²) in [5.41, 5.74) is 2.22. The lowest BCUT2D eigenvalue weighted by molar-refractivity contribution is -0.117. The van der Waals surface area contributed by atoms with Crippen molar-refractivity contribution in [2.24, 2.45) is 7.05 Å². The molecule has 2 aromatic heterocycles. The standard InChI is InChI=1S/C9H11N5O2S/c1-6-3-7(13(2)12-6)11-8(15)4-14-9(16)17-5-10-14/h3,5H,4H2,1-2H3,(H,11,15). The van der Waals surface area contributed by atoms with Crippen LogP contribution in [0.1, 0.15) is 5.69 Å². The van der Waals surface area contributed by atoms with E-state index in [2.05, 4.69) is 15.5 Å². The van der Waals surface area contributed by atoms with Crippen molar-refractivity contribution in [1.29, 1.82) is 0 Å². The number of hydrogen-bond acceptors (Lipinski definition) is 5. The van der Waals surface area contributed by atoms with Crippen LogP contribution in [0, 0.1) is 6.92 Å². The summed E-state index contributed by atoms with van der Waals surface area (Å²) < 4.78 is 2.68. The Labute approximate surface area is 101 Å². The zero-order chi connectivity index (χ0) is 12.4. The zero-order valence-corrected chi connectivity index (χ0v) is 10.2. The van der Waals surface area contributed by atoms with Crippen molar-refractivity contribution in [2.45, 2.75) is 13.5 Å². The van der Waals surface area contributed by atoms with Gasteiger partial charge in [0.2, 0.25) is 5.91 Å². The molecule has 2 heterocycles. The summed E-state index contributed by atoms with van der Waals surface area (Å²) in [5, 5.41) is 10.5. The minimum absolute atomic E-state index is 0.0907. The first-order valence-corrected chi connectivity index (χ1v) is 5.75. The molecule has 8 heteroatoms. The number of anilines is 1. The van der Waals surface area contributed by atoms with Crippen molar-refractivity contribution >= 4 is 23.1 Å². The Hall–Kier alpha value is -1.96. The van der Waals surface area contributed by atoms with Crippen molar-refractivity contribution in [3.8, 4) is 0 Å². The molecule has 0 aliphatic rings. The molecule has 0 unspecified atom stereocenters. The number of carbonyl (C=O) groups is 1. The molecule has 0 fully saturated rings. The Balaban J connectivity index is 2.05. The predicted octanol–water partition coefficient (Wildman–Crippen LogP) is -0.0146. The first-order valence-electron chi connectivity index (χ1n) is 4.87. The number of hydrogen-bond donors (Lipinski definition) is 1. The maximum absolute atomic E-state index is 11.6. The van der Waals surface area contributed by atoms with Gasteiger partial charge in [0.1, 0.15) is 17.9 Å². The fourth-order valence-electron chi connectivity index (χ4n) is 1.38. The van der Waals surface area contributed by atoms with Gasteiger partial charge in [-0.3, -0.25) is 14.3 Å². The minimum Gasteiger partial charge on any atom is -0.309 e. The molecule has 0 aliphatic carbocycles. The van der Waals surface area contributed by atoms with E-state index in [1.54, 1.807) is 17.8 Å². The highest BCUT2D eigenvalue weighted by atomic mass is 32.1. The van der Waals surface area contributed by atoms with E-state index in [1.807, 2.05) is 6.92 Å². The van der Waals surface area contributed by atoms with E-state index in [4.69, 9.17) is 0 Å². The van der Waals surface area contributed by atoms with Crippen LogP contribution in [-0.2, 0) is 18.4 Å². The lowest BCUT2D eigenvalue weighted by atomic mass is 10.4. The first kappa shape index (κ1) is 11.5. The van der Waals surface area contributed by atoms with Gasteiger partial charge >= 0.3 is 4.87 Å². The monoisotopic (exact) mass is 253 g/mol. The largest absolute Gasteiger partial charge is 0.325 e. The van der Waals surface area contributed by atoms with Crippen LogP contribution in [-0.4, -0.2) is 25.5 Å². The second-order valence-corrected chi connectivity index (χ2v) is 4.30. The zero-order valence-electron chi connectivity index (χ0n) is 9.38. The molecule has 0 atom stereocenters. The highest BCUT2D eigenvalue weighted by Gasteiger charge is 2.09. The molecule has 2 aromatic rings. The number of aromatic nitrogens is 4. The minimum atomic E-state index is -0.305. The number of nitrogens with one attached hydrogen (secondary N) is 1. The molecule has 0 saturated heterocycles. The first-order chi connectivity index (χ1) is 8.06. The summed E-state index contributed by atoms with van der Waals surface area (Å²) >= 11 is 0.959. The molecule has 1 amide bonds. The fraction of sp³-hybridized carbons (Fsp3) is 0.333. The van der Waals surface area contributed by atoms with Crippen LogP contribution >= 0.6 is 11.3 Å². The van der Waals surface area contributed by atoms with Gasteiger partial charge in [0, 0.05) is 13.1 Å². The van der Waals surface area contributed by atoms with Crippen molar-refractivity contribution in [2.75, 3.05) is 5.32 Å². The van der Waals surface area contributed by atoms with Crippen molar-refractivity contribution in [3.63, 3.8) is 0 Å². The Morgan fingerprint density at radius 3 is 2.88 bits per heavy atom. The van der Waals surface area contributed by atoms with E-state index >= 15 is 0 Å². The molecule has 17 heavy (non-hydrogen) atoms.